The number of carbonyl (C=O) groups excluding carboxylic acids is 1. The maximum absolute atomic E-state index is 12.5. The lowest BCUT2D eigenvalue weighted by molar-refractivity contribution is -0.115. The van der Waals surface area contributed by atoms with Crippen LogP contribution >= 0.6 is 11.8 Å². The summed E-state index contributed by atoms with van der Waals surface area (Å²) in [6, 6.07) is 27.6. The summed E-state index contributed by atoms with van der Waals surface area (Å²) in [6.45, 7) is 2.01. The number of nitrogens with two attached hydrogens (primary N) is 1. The molecular formula is C28H24N4O3S2. The number of aromatic nitrogens is 1. The zero-order valence-electron chi connectivity index (χ0n) is 20.0. The monoisotopic (exact) mass is 528 g/mol. The molecule has 0 aliphatic carbocycles. The van der Waals surface area contributed by atoms with Crippen LogP contribution < -0.4 is 10.5 Å². The van der Waals surface area contributed by atoms with E-state index in [0.29, 0.717) is 22.0 Å². The Labute approximate surface area is 220 Å². The third kappa shape index (κ3) is 6.62. The van der Waals surface area contributed by atoms with Crippen molar-refractivity contribution in [2.75, 3.05) is 11.1 Å². The second kappa shape index (κ2) is 11.4. The first-order valence-electron chi connectivity index (χ1n) is 11.4. The molecule has 0 aliphatic rings. The molecule has 3 aromatic carbocycles. The van der Waals surface area contributed by atoms with Crippen molar-refractivity contribution in [2.45, 2.75) is 23.3 Å². The molecule has 0 saturated carbocycles. The molecule has 0 bridgehead atoms. The van der Waals surface area contributed by atoms with Crippen LogP contribution in [0.3, 0.4) is 0 Å². The molecule has 1 amide bonds. The third-order valence-corrected chi connectivity index (χ3v) is 7.47. The van der Waals surface area contributed by atoms with Gasteiger partial charge in [0, 0.05) is 29.0 Å². The summed E-state index contributed by atoms with van der Waals surface area (Å²) in [6.07, 6.45) is 0.170. The van der Waals surface area contributed by atoms with Crippen LogP contribution in [0.1, 0.15) is 17.5 Å². The summed E-state index contributed by atoms with van der Waals surface area (Å²) < 4.78 is 22.8. The fraction of sp³-hybridized carbons (Fsp3) is 0.107. The SMILES string of the molecule is Cc1ccc(-c2cc(-c3ccccc3)nc(SCCC(=O)Nc3ccc(S(N)(=O)=O)cc3)c2C#N)cc1. The van der Waals surface area contributed by atoms with Crippen LogP contribution in [-0.2, 0) is 14.8 Å². The van der Waals surface area contributed by atoms with Crippen LogP contribution in [-0.4, -0.2) is 25.1 Å². The number of hydrogen-bond donors (Lipinski definition) is 2. The Kier molecular flexibility index (Phi) is 8.04. The zero-order chi connectivity index (χ0) is 26.4. The van der Waals surface area contributed by atoms with Crippen molar-refractivity contribution in [3.63, 3.8) is 0 Å². The molecule has 0 unspecified atom stereocenters. The smallest absolute Gasteiger partial charge is 0.238 e. The Morgan fingerprint density at radius 3 is 2.30 bits per heavy atom. The first kappa shape index (κ1) is 26.1. The molecule has 7 nitrogen and oxygen atoms in total. The summed E-state index contributed by atoms with van der Waals surface area (Å²) in [5.74, 6) is 0.154. The lowest BCUT2D eigenvalue weighted by atomic mass is 9.98. The number of benzene rings is 3. The molecule has 37 heavy (non-hydrogen) atoms. The molecule has 0 aliphatic heterocycles. The number of sulfonamides is 1. The van der Waals surface area contributed by atoms with Gasteiger partial charge in [-0.25, -0.2) is 18.5 Å². The standard InChI is InChI=1S/C28H24N4O3S2/c1-19-7-9-20(10-8-19)24-17-26(21-5-3-2-4-6-21)32-28(25(24)18-29)36-16-15-27(33)31-22-11-13-23(14-12-22)37(30,34)35/h2-14,17H,15-16H2,1H3,(H,31,33)(H2,30,34,35). The summed E-state index contributed by atoms with van der Waals surface area (Å²) in [7, 11) is -3.80. The molecule has 0 radical (unpaired) electrons. The fourth-order valence-corrected chi connectivity index (χ4v) is 5.10. The van der Waals surface area contributed by atoms with Crippen LogP contribution in [0.25, 0.3) is 22.4 Å². The Bertz CT molecular complexity index is 1560. The van der Waals surface area contributed by atoms with Gasteiger partial charge in [0.1, 0.15) is 11.1 Å². The maximum atomic E-state index is 12.5. The minimum absolute atomic E-state index is 0.0289. The molecule has 1 heterocycles. The number of rotatable bonds is 8. The molecule has 1 aromatic heterocycles. The largest absolute Gasteiger partial charge is 0.326 e. The van der Waals surface area contributed by atoms with E-state index >= 15 is 0 Å². The van der Waals surface area contributed by atoms with Gasteiger partial charge in [-0.05, 0) is 42.8 Å². The van der Waals surface area contributed by atoms with Crippen molar-refractivity contribution in [1.82, 2.24) is 4.98 Å². The molecule has 186 valence electrons. The molecule has 4 aromatic rings. The van der Waals surface area contributed by atoms with Gasteiger partial charge >= 0.3 is 0 Å². The summed E-state index contributed by atoms with van der Waals surface area (Å²) in [5.41, 5.74) is 5.44. The first-order chi connectivity index (χ1) is 17.7. The highest BCUT2D eigenvalue weighted by Gasteiger charge is 2.16. The number of pyridine rings is 1. The predicted octanol–water partition coefficient (Wildman–Crippen LogP) is 5.36. The third-order valence-electron chi connectivity index (χ3n) is 5.56. The van der Waals surface area contributed by atoms with E-state index in [1.807, 2.05) is 67.6 Å². The van der Waals surface area contributed by atoms with Gasteiger partial charge in [0.05, 0.1) is 16.2 Å². The maximum Gasteiger partial charge on any atom is 0.238 e. The van der Waals surface area contributed by atoms with E-state index < -0.39 is 10.0 Å². The predicted molar refractivity (Wildman–Crippen MR) is 146 cm³/mol. The van der Waals surface area contributed by atoms with E-state index in [1.54, 1.807) is 0 Å². The number of aryl methyl sites for hydroxylation is 1. The van der Waals surface area contributed by atoms with Crippen molar-refractivity contribution < 1.29 is 13.2 Å². The number of carbonyl (C=O) groups is 1. The van der Waals surface area contributed by atoms with E-state index in [-0.39, 0.29) is 17.2 Å². The Balaban J connectivity index is 1.54. The van der Waals surface area contributed by atoms with Gasteiger partial charge in [-0.15, -0.1) is 11.8 Å². The summed E-state index contributed by atoms with van der Waals surface area (Å²) >= 11 is 1.35. The Morgan fingerprint density at radius 1 is 1.00 bits per heavy atom. The number of thioether (sulfide) groups is 1. The number of hydrogen-bond acceptors (Lipinski definition) is 6. The summed E-state index contributed by atoms with van der Waals surface area (Å²) in [4.78, 5) is 17.2. The average molecular weight is 529 g/mol. The average Bonchev–Trinajstić information content (AvgIpc) is 2.89. The molecule has 0 fully saturated rings. The minimum atomic E-state index is -3.80. The van der Waals surface area contributed by atoms with Crippen molar-refractivity contribution in [3.8, 4) is 28.5 Å². The normalized spacial score (nSPS) is 11.1. The summed E-state index contributed by atoms with van der Waals surface area (Å²) in [5, 5.41) is 18.4. The highest BCUT2D eigenvalue weighted by molar-refractivity contribution is 7.99. The first-order valence-corrected chi connectivity index (χ1v) is 13.9. The number of primary sulfonamides is 1. The van der Waals surface area contributed by atoms with Crippen LogP contribution in [0, 0.1) is 18.3 Å². The van der Waals surface area contributed by atoms with Crippen LogP contribution in [0.15, 0.2) is 94.9 Å². The van der Waals surface area contributed by atoms with Gasteiger partial charge in [-0.1, -0.05) is 60.2 Å². The van der Waals surface area contributed by atoms with Gasteiger partial charge in [0.15, 0.2) is 0 Å². The lowest BCUT2D eigenvalue weighted by Crippen LogP contribution is -2.14. The molecule has 0 saturated heterocycles. The second-order valence-electron chi connectivity index (χ2n) is 8.30. The van der Waals surface area contributed by atoms with Gasteiger partial charge in [0.2, 0.25) is 15.9 Å². The second-order valence-corrected chi connectivity index (χ2v) is 10.9. The highest BCUT2D eigenvalue weighted by atomic mass is 32.2. The van der Waals surface area contributed by atoms with E-state index in [9.17, 15) is 18.5 Å². The zero-order valence-corrected chi connectivity index (χ0v) is 21.6. The molecule has 4 rings (SSSR count). The number of nitrogens with zero attached hydrogens (tertiary/aromatic N) is 2. The van der Waals surface area contributed by atoms with Gasteiger partial charge in [-0.3, -0.25) is 4.79 Å². The number of anilines is 1. The van der Waals surface area contributed by atoms with Crippen molar-refractivity contribution >= 4 is 33.4 Å². The van der Waals surface area contributed by atoms with Crippen LogP contribution in [0.5, 0.6) is 0 Å². The molecule has 3 N–H and O–H groups in total. The van der Waals surface area contributed by atoms with Gasteiger partial charge < -0.3 is 5.32 Å². The Morgan fingerprint density at radius 2 is 1.68 bits per heavy atom. The molecule has 0 spiro atoms. The fourth-order valence-electron chi connectivity index (χ4n) is 3.64. The van der Waals surface area contributed by atoms with Crippen LogP contribution in [0.2, 0.25) is 0 Å². The van der Waals surface area contributed by atoms with Crippen molar-refractivity contribution in [1.29, 1.82) is 5.26 Å². The van der Waals surface area contributed by atoms with E-state index in [2.05, 4.69) is 11.4 Å². The van der Waals surface area contributed by atoms with E-state index in [0.717, 1.165) is 27.9 Å². The van der Waals surface area contributed by atoms with Gasteiger partial charge in [-0.2, -0.15) is 5.26 Å². The minimum Gasteiger partial charge on any atom is -0.326 e. The van der Waals surface area contributed by atoms with E-state index in [4.69, 9.17) is 10.1 Å². The topological polar surface area (TPSA) is 126 Å². The van der Waals surface area contributed by atoms with Crippen LogP contribution in [0.4, 0.5) is 5.69 Å². The lowest BCUT2D eigenvalue weighted by Gasteiger charge is -2.13. The van der Waals surface area contributed by atoms with Crippen molar-refractivity contribution in [3.05, 3.63) is 96.1 Å². The molecule has 0 atom stereocenters. The van der Waals surface area contributed by atoms with Gasteiger partial charge in [0.25, 0.3) is 0 Å². The number of amides is 1. The quantitative estimate of drug-likeness (QED) is 0.296. The number of nitrogens with one attached hydrogen (secondary N) is 1. The highest BCUT2D eigenvalue weighted by Crippen LogP contribution is 2.34. The van der Waals surface area contributed by atoms with Crippen molar-refractivity contribution in [2.24, 2.45) is 5.14 Å². The van der Waals surface area contributed by atoms with E-state index in [1.165, 1.54) is 36.0 Å². The molecule has 9 heteroatoms. The molecular weight excluding hydrogens is 504 g/mol. The Hall–Kier alpha value is -3.97. The number of nitriles is 1.